The number of benzene rings is 1. The molecule has 0 bridgehead atoms. The standard InChI is InChI=1S/C15H25NO/c1-4-17-15-9-7-14(8-10-15)12-16-11-5-6-13(2)3/h7-10,13,16H,4-6,11-12H2,1-3H3. The molecule has 96 valence electrons. The Kier molecular flexibility index (Phi) is 6.71. The van der Waals surface area contributed by atoms with E-state index >= 15 is 0 Å². The second-order valence-corrected chi connectivity index (χ2v) is 4.79. The average Bonchev–Trinajstić information content (AvgIpc) is 2.31. The molecule has 0 amide bonds. The van der Waals surface area contributed by atoms with Gasteiger partial charge >= 0.3 is 0 Å². The van der Waals surface area contributed by atoms with Crippen molar-refractivity contribution in [3.63, 3.8) is 0 Å². The van der Waals surface area contributed by atoms with Crippen molar-refractivity contribution in [1.82, 2.24) is 5.32 Å². The number of rotatable bonds is 8. The highest BCUT2D eigenvalue weighted by Gasteiger charge is 1.96. The van der Waals surface area contributed by atoms with E-state index in [-0.39, 0.29) is 0 Å². The average molecular weight is 235 g/mol. The number of ether oxygens (including phenoxy) is 1. The molecule has 0 spiro atoms. The zero-order valence-electron chi connectivity index (χ0n) is 11.3. The van der Waals surface area contributed by atoms with Crippen molar-refractivity contribution >= 4 is 0 Å². The van der Waals surface area contributed by atoms with Gasteiger partial charge in [0.25, 0.3) is 0 Å². The van der Waals surface area contributed by atoms with Gasteiger partial charge < -0.3 is 10.1 Å². The fraction of sp³-hybridized carbons (Fsp3) is 0.600. The topological polar surface area (TPSA) is 21.3 Å². The predicted octanol–water partition coefficient (Wildman–Crippen LogP) is 3.61. The van der Waals surface area contributed by atoms with Gasteiger partial charge in [-0.3, -0.25) is 0 Å². The lowest BCUT2D eigenvalue weighted by molar-refractivity contribution is 0.340. The van der Waals surface area contributed by atoms with Gasteiger partial charge in [-0.1, -0.05) is 26.0 Å². The van der Waals surface area contributed by atoms with Gasteiger partial charge in [-0.05, 0) is 49.9 Å². The van der Waals surface area contributed by atoms with E-state index in [0.29, 0.717) is 0 Å². The first-order valence-electron chi connectivity index (χ1n) is 6.64. The zero-order chi connectivity index (χ0) is 12.5. The van der Waals surface area contributed by atoms with Gasteiger partial charge in [0, 0.05) is 6.54 Å². The summed E-state index contributed by atoms with van der Waals surface area (Å²) < 4.78 is 5.41. The summed E-state index contributed by atoms with van der Waals surface area (Å²) >= 11 is 0. The first kappa shape index (κ1) is 14.0. The van der Waals surface area contributed by atoms with Crippen LogP contribution in [0.25, 0.3) is 0 Å². The molecule has 0 aliphatic rings. The van der Waals surface area contributed by atoms with Crippen molar-refractivity contribution in [2.75, 3.05) is 13.2 Å². The lowest BCUT2D eigenvalue weighted by atomic mass is 10.1. The van der Waals surface area contributed by atoms with Gasteiger partial charge in [-0.15, -0.1) is 0 Å². The summed E-state index contributed by atoms with van der Waals surface area (Å²) in [5, 5.41) is 3.47. The van der Waals surface area contributed by atoms with Crippen LogP contribution in [0.4, 0.5) is 0 Å². The summed E-state index contributed by atoms with van der Waals surface area (Å²) in [6.07, 6.45) is 2.56. The summed E-state index contributed by atoms with van der Waals surface area (Å²) in [4.78, 5) is 0. The minimum absolute atomic E-state index is 0.729. The normalized spacial score (nSPS) is 10.8. The smallest absolute Gasteiger partial charge is 0.119 e. The van der Waals surface area contributed by atoms with Gasteiger partial charge in [0.2, 0.25) is 0 Å². The Morgan fingerprint density at radius 2 is 1.88 bits per heavy atom. The molecule has 0 saturated heterocycles. The minimum Gasteiger partial charge on any atom is -0.494 e. The monoisotopic (exact) mass is 235 g/mol. The largest absolute Gasteiger partial charge is 0.494 e. The van der Waals surface area contributed by atoms with Crippen LogP contribution in [0.2, 0.25) is 0 Å². The van der Waals surface area contributed by atoms with Crippen LogP contribution >= 0.6 is 0 Å². The molecule has 2 nitrogen and oxygen atoms in total. The Bertz CT molecular complexity index is 292. The molecule has 0 fully saturated rings. The van der Waals surface area contributed by atoms with E-state index in [1.54, 1.807) is 0 Å². The maximum atomic E-state index is 5.41. The van der Waals surface area contributed by atoms with Crippen LogP contribution in [0.15, 0.2) is 24.3 Å². The van der Waals surface area contributed by atoms with E-state index in [1.165, 1.54) is 18.4 Å². The van der Waals surface area contributed by atoms with Crippen LogP contribution in [0.1, 0.15) is 39.2 Å². The van der Waals surface area contributed by atoms with Crippen molar-refractivity contribution in [3.05, 3.63) is 29.8 Å². The molecule has 0 unspecified atom stereocenters. The molecule has 0 heterocycles. The van der Waals surface area contributed by atoms with Crippen LogP contribution in [-0.4, -0.2) is 13.2 Å². The minimum atomic E-state index is 0.729. The molecule has 0 radical (unpaired) electrons. The fourth-order valence-electron chi connectivity index (χ4n) is 1.74. The zero-order valence-corrected chi connectivity index (χ0v) is 11.3. The van der Waals surface area contributed by atoms with Crippen molar-refractivity contribution in [1.29, 1.82) is 0 Å². The molecule has 1 aromatic rings. The summed E-state index contributed by atoms with van der Waals surface area (Å²) in [7, 11) is 0. The quantitative estimate of drug-likeness (QED) is 0.695. The number of nitrogens with one attached hydrogen (secondary N) is 1. The number of hydrogen-bond donors (Lipinski definition) is 1. The van der Waals surface area contributed by atoms with E-state index in [1.807, 2.05) is 19.1 Å². The SMILES string of the molecule is CCOc1ccc(CNCCCC(C)C)cc1. The molecule has 1 aromatic carbocycles. The van der Waals surface area contributed by atoms with Gasteiger partial charge in [-0.2, -0.15) is 0 Å². The first-order valence-corrected chi connectivity index (χ1v) is 6.64. The molecule has 2 heteroatoms. The first-order chi connectivity index (χ1) is 8.22. The third kappa shape index (κ3) is 6.32. The Labute approximate surface area is 105 Å². The molecule has 0 aliphatic carbocycles. The molecule has 0 aromatic heterocycles. The molecule has 1 N–H and O–H groups in total. The third-order valence-electron chi connectivity index (χ3n) is 2.70. The van der Waals surface area contributed by atoms with E-state index in [2.05, 4.69) is 31.3 Å². The fourth-order valence-corrected chi connectivity index (χ4v) is 1.74. The Morgan fingerprint density at radius 3 is 2.47 bits per heavy atom. The van der Waals surface area contributed by atoms with E-state index in [0.717, 1.165) is 31.4 Å². The molecule has 0 atom stereocenters. The summed E-state index contributed by atoms with van der Waals surface area (Å²) in [6, 6.07) is 8.32. The van der Waals surface area contributed by atoms with Gasteiger partial charge in [0.15, 0.2) is 0 Å². The number of hydrogen-bond acceptors (Lipinski definition) is 2. The Hall–Kier alpha value is -1.02. The predicted molar refractivity (Wildman–Crippen MR) is 73.4 cm³/mol. The highest BCUT2D eigenvalue weighted by atomic mass is 16.5. The third-order valence-corrected chi connectivity index (χ3v) is 2.70. The lowest BCUT2D eigenvalue weighted by Gasteiger charge is -2.07. The second-order valence-electron chi connectivity index (χ2n) is 4.79. The van der Waals surface area contributed by atoms with Crippen LogP contribution < -0.4 is 10.1 Å². The van der Waals surface area contributed by atoms with Crippen LogP contribution in [0, 0.1) is 5.92 Å². The molecule has 0 saturated carbocycles. The maximum Gasteiger partial charge on any atom is 0.119 e. The van der Waals surface area contributed by atoms with Gasteiger partial charge in [0.1, 0.15) is 5.75 Å². The van der Waals surface area contributed by atoms with E-state index < -0.39 is 0 Å². The lowest BCUT2D eigenvalue weighted by Crippen LogP contribution is -2.15. The molecule has 0 aliphatic heterocycles. The molecular formula is C15H25NO. The van der Waals surface area contributed by atoms with Crippen molar-refractivity contribution < 1.29 is 4.74 Å². The van der Waals surface area contributed by atoms with Gasteiger partial charge in [0.05, 0.1) is 6.61 Å². The van der Waals surface area contributed by atoms with Crippen LogP contribution in [-0.2, 0) is 6.54 Å². The Balaban J connectivity index is 2.18. The van der Waals surface area contributed by atoms with Crippen LogP contribution in [0.5, 0.6) is 5.75 Å². The van der Waals surface area contributed by atoms with E-state index in [4.69, 9.17) is 4.74 Å². The molecule has 17 heavy (non-hydrogen) atoms. The highest BCUT2D eigenvalue weighted by Crippen LogP contribution is 2.11. The Morgan fingerprint density at radius 1 is 1.18 bits per heavy atom. The summed E-state index contributed by atoms with van der Waals surface area (Å²) in [5.74, 6) is 1.76. The van der Waals surface area contributed by atoms with Crippen molar-refractivity contribution in [3.8, 4) is 5.75 Å². The molecular weight excluding hydrogens is 210 g/mol. The van der Waals surface area contributed by atoms with Crippen molar-refractivity contribution in [2.45, 2.75) is 40.2 Å². The van der Waals surface area contributed by atoms with E-state index in [9.17, 15) is 0 Å². The summed E-state index contributed by atoms with van der Waals surface area (Å²) in [6.45, 7) is 9.33. The summed E-state index contributed by atoms with van der Waals surface area (Å²) in [5.41, 5.74) is 1.32. The van der Waals surface area contributed by atoms with Gasteiger partial charge in [-0.25, -0.2) is 0 Å². The maximum absolute atomic E-state index is 5.41. The molecule has 1 rings (SSSR count). The highest BCUT2D eigenvalue weighted by molar-refractivity contribution is 5.27. The van der Waals surface area contributed by atoms with Crippen molar-refractivity contribution in [2.24, 2.45) is 5.92 Å². The second kappa shape index (κ2) is 8.13. The van der Waals surface area contributed by atoms with Crippen LogP contribution in [0.3, 0.4) is 0 Å².